The van der Waals surface area contributed by atoms with Crippen molar-refractivity contribution in [3.8, 4) is 5.75 Å². The highest BCUT2D eigenvalue weighted by atomic mass is 16.5. The zero-order valence-electron chi connectivity index (χ0n) is 12.4. The molecule has 2 aromatic carbocycles. The zero-order chi connectivity index (χ0) is 15.2. The molecule has 0 atom stereocenters. The lowest BCUT2D eigenvalue weighted by atomic mass is 10.0. The highest BCUT2D eigenvalue weighted by Gasteiger charge is 2.01. The van der Waals surface area contributed by atoms with Crippen LogP contribution in [0.4, 0.5) is 0 Å². The van der Waals surface area contributed by atoms with Crippen molar-refractivity contribution in [2.24, 2.45) is 0 Å². The third-order valence-corrected chi connectivity index (χ3v) is 3.32. The van der Waals surface area contributed by atoms with E-state index in [4.69, 9.17) is 4.74 Å². The number of benzene rings is 2. The van der Waals surface area contributed by atoms with Crippen molar-refractivity contribution in [2.75, 3.05) is 0 Å². The van der Waals surface area contributed by atoms with Gasteiger partial charge in [-0.25, -0.2) is 0 Å². The van der Waals surface area contributed by atoms with Crippen LogP contribution in [0.25, 0.3) is 17.7 Å². The third kappa shape index (κ3) is 3.73. The summed E-state index contributed by atoms with van der Waals surface area (Å²) >= 11 is 0. The molecule has 0 aliphatic heterocycles. The monoisotopic (exact) mass is 276 g/mol. The quantitative estimate of drug-likeness (QED) is 0.668. The van der Waals surface area contributed by atoms with Gasteiger partial charge in [0.15, 0.2) is 0 Å². The molecule has 0 radical (unpaired) electrons. The second-order valence-electron chi connectivity index (χ2n) is 4.97. The van der Waals surface area contributed by atoms with E-state index in [0.717, 1.165) is 33.6 Å². The Kier molecular flexibility index (Phi) is 4.78. The molecule has 1 heteroatoms. The lowest BCUT2D eigenvalue weighted by Crippen LogP contribution is -1.97. The fourth-order valence-electron chi connectivity index (χ4n) is 2.09. The molecule has 0 spiro atoms. The van der Waals surface area contributed by atoms with Crippen molar-refractivity contribution in [3.05, 3.63) is 84.5 Å². The van der Waals surface area contributed by atoms with Gasteiger partial charge in [-0.2, -0.15) is 0 Å². The van der Waals surface area contributed by atoms with Gasteiger partial charge in [-0.3, -0.25) is 0 Å². The summed E-state index contributed by atoms with van der Waals surface area (Å²) < 4.78 is 5.85. The molecule has 21 heavy (non-hydrogen) atoms. The number of ether oxygens (including phenoxy) is 1. The number of rotatable bonds is 6. The summed E-state index contributed by atoms with van der Waals surface area (Å²) in [5.74, 6) is 0.850. The van der Waals surface area contributed by atoms with Crippen molar-refractivity contribution < 1.29 is 4.74 Å². The molecule has 106 valence electrons. The highest BCUT2D eigenvalue weighted by Crippen LogP contribution is 2.21. The van der Waals surface area contributed by atoms with Gasteiger partial charge in [0.2, 0.25) is 0 Å². The van der Waals surface area contributed by atoms with Gasteiger partial charge in [-0.15, -0.1) is 0 Å². The van der Waals surface area contributed by atoms with Gasteiger partial charge in [0, 0.05) is 0 Å². The second kappa shape index (κ2) is 6.76. The van der Waals surface area contributed by atoms with Crippen LogP contribution in [0.2, 0.25) is 0 Å². The van der Waals surface area contributed by atoms with E-state index in [-0.39, 0.29) is 0 Å². The van der Waals surface area contributed by atoms with Crippen LogP contribution in [0, 0.1) is 0 Å². The summed E-state index contributed by atoms with van der Waals surface area (Å²) in [4.78, 5) is 0. The second-order valence-corrected chi connectivity index (χ2v) is 4.97. The van der Waals surface area contributed by atoms with Crippen LogP contribution in [-0.2, 0) is 6.61 Å². The molecule has 0 unspecified atom stereocenters. The number of hydrogen-bond donors (Lipinski definition) is 0. The Bertz CT molecular complexity index is 680. The fraction of sp³-hybridized carbons (Fsp3) is 0.100. The molecule has 0 bridgehead atoms. The van der Waals surface area contributed by atoms with E-state index in [2.05, 4.69) is 25.8 Å². The zero-order valence-corrected chi connectivity index (χ0v) is 12.4. The minimum atomic E-state index is 0.526. The molecule has 2 rings (SSSR count). The molecule has 2 aromatic rings. The predicted molar refractivity (Wildman–Crippen MR) is 92.1 cm³/mol. The lowest BCUT2D eigenvalue weighted by Gasteiger charge is -2.10. The minimum absolute atomic E-state index is 0.526. The molecule has 1 nitrogen and oxygen atoms in total. The highest BCUT2D eigenvalue weighted by molar-refractivity contribution is 5.64. The maximum atomic E-state index is 5.85. The summed E-state index contributed by atoms with van der Waals surface area (Å²) in [5, 5.41) is 0. The van der Waals surface area contributed by atoms with E-state index in [0.29, 0.717) is 6.61 Å². The average Bonchev–Trinajstić information content (AvgIpc) is 2.52. The smallest absolute Gasteiger partial charge is 0.120 e. The van der Waals surface area contributed by atoms with Crippen LogP contribution in [0.3, 0.4) is 0 Å². The normalized spacial score (nSPS) is 9.95. The SMILES string of the molecule is C=Cc1ccc(COc2cccc(C(=C)C)c2)cc1C=C. The number of hydrogen-bond acceptors (Lipinski definition) is 1. The standard InChI is InChI=1S/C20H20O/c1-5-17-11-10-16(12-18(17)6-2)14-21-20-9-7-8-19(13-20)15(3)4/h5-13H,1-3,14H2,4H3. The minimum Gasteiger partial charge on any atom is -0.489 e. The van der Waals surface area contributed by atoms with Gasteiger partial charge in [-0.1, -0.05) is 61.7 Å². The van der Waals surface area contributed by atoms with Crippen LogP contribution in [0.5, 0.6) is 5.75 Å². The number of allylic oxidation sites excluding steroid dienone is 1. The summed E-state index contributed by atoms with van der Waals surface area (Å²) in [6.45, 7) is 14.1. The molecule has 0 aliphatic carbocycles. The molecule has 0 amide bonds. The Balaban J connectivity index is 2.13. The van der Waals surface area contributed by atoms with Gasteiger partial charge in [0.05, 0.1) is 0 Å². The Labute approximate surface area is 126 Å². The molecule has 0 heterocycles. The van der Waals surface area contributed by atoms with Gasteiger partial charge in [0.1, 0.15) is 12.4 Å². The predicted octanol–water partition coefficient (Wildman–Crippen LogP) is 5.58. The van der Waals surface area contributed by atoms with Crippen LogP contribution in [0.15, 0.2) is 62.2 Å². The first kappa shape index (κ1) is 14.9. The molecule has 0 saturated heterocycles. The average molecular weight is 276 g/mol. The maximum absolute atomic E-state index is 5.85. The molecule has 0 aromatic heterocycles. The van der Waals surface area contributed by atoms with Crippen LogP contribution in [-0.4, -0.2) is 0 Å². The fourth-order valence-corrected chi connectivity index (χ4v) is 2.09. The molecule has 0 saturated carbocycles. The topological polar surface area (TPSA) is 9.23 Å². The first-order valence-corrected chi connectivity index (χ1v) is 6.90. The summed E-state index contributed by atoms with van der Waals surface area (Å²) in [5.41, 5.74) is 5.39. The summed E-state index contributed by atoms with van der Waals surface area (Å²) in [7, 11) is 0. The van der Waals surface area contributed by atoms with Gasteiger partial charge >= 0.3 is 0 Å². The van der Waals surface area contributed by atoms with E-state index in [9.17, 15) is 0 Å². The largest absolute Gasteiger partial charge is 0.489 e. The van der Waals surface area contributed by atoms with Crippen molar-refractivity contribution >= 4 is 17.7 Å². The van der Waals surface area contributed by atoms with Crippen LogP contribution >= 0.6 is 0 Å². The molecular weight excluding hydrogens is 256 g/mol. The van der Waals surface area contributed by atoms with Crippen LogP contribution < -0.4 is 4.74 Å². The van der Waals surface area contributed by atoms with Crippen molar-refractivity contribution in [1.82, 2.24) is 0 Å². The maximum Gasteiger partial charge on any atom is 0.120 e. The van der Waals surface area contributed by atoms with Crippen molar-refractivity contribution in [2.45, 2.75) is 13.5 Å². The van der Waals surface area contributed by atoms with E-state index < -0.39 is 0 Å². The Morgan fingerprint density at radius 3 is 2.48 bits per heavy atom. The van der Waals surface area contributed by atoms with E-state index in [1.807, 2.05) is 55.5 Å². The van der Waals surface area contributed by atoms with E-state index >= 15 is 0 Å². The van der Waals surface area contributed by atoms with Gasteiger partial charge < -0.3 is 4.74 Å². The van der Waals surface area contributed by atoms with Crippen molar-refractivity contribution in [3.63, 3.8) is 0 Å². The summed E-state index contributed by atoms with van der Waals surface area (Å²) in [6, 6.07) is 14.1. The Morgan fingerprint density at radius 2 is 1.81 bits per heavy atom. The molecule has 0 fully saturated rings. The first-order valence-electron chi connectivity index (χ1n) is 6.90. The Morgan fingerprint density at radius 1 is 1.05 bits per heavy atom. The lowest BCUT2D eigenvalue weighted by molar-refractivity contribution is 0.306. The van der Waals surface area contributed by atoms with Crippen LogP contribution in [0.1, 0.15) is 29.2 Å². The van der Waals surface area contributed by atoms with Gasteiger partial charge in [-0.05, 0) is 47.4 Å². The third-order valence-electron chi connectivity index (χ3n) is 3.32. The van der Waals surface area contributed by atoms with Gasteiger partial charge in [0.25, 0.3) is 0 Å². The summed E-state index contributed by atoms with van der Waals surface area (Å²) in [6.07, 6.45) is 3.67. The first-order chi connectivity index (χ1) is 10.1. The molecular formula is C20H20O. The molecule has 0 aliphatic rings. The van der Waals surface area contributed by atoms with Crippen molar-refractivity contribution in [1.29, 1.82) is 0 Å². The Hall–Kier alpha value is -2.54. The van der Waals surface area contributed by atoms with E-state index in [1.165, 1.54) is 0 Å². The van der Waals surface area contributed by atoms with E-state index in [1.54, 1.807) is 0 Å². The molecule has 0 N–H and O–H groups in total.